The van der Waals surface area contributed by atoms with E-state index < -0.39 is 0 Å². The number of hydrogen-bond donors (Lipinski definition) is 2. The lowest BCUT2D eigenvalue weighted by Crippen LogP contribution is -2.28. The van der Waals surface area contributed by atoms with Gasteiger partial charge in [-0.25, -0.2) is 0 Å². The number of hydrogen-bond acceptors (Lipinski definition) is 4. The Morgan fingerprint density at radius 3 is 1.91 bits per heavy atom. The van der Waals surface area contributed by atoms with Crippen LogP contribution in [0.25, 0.3) is 0 Å². The van der Waals surface area contributed by atoms with Gasteiger partial charge in [0.1, 0.15) is 11.7 Å². The van der Waals surface area contributed by atoms with Gasteiger partial charge < -0.3 is 10.6 Å². The Balaban J connectivity index is 0.000000135. The molecule has 0 amide bonds. The van der Waals surface area contributed by atoms with E-state index in [1.165, 1.54) is 71.6 Å². The van der Waals surface area contributed by atoms with Crippen LogP contribution in [0, 0.1) is 6.92 Å². The molecule has 0 spiro atoms. The number of fused-ring (bicyclic) bond motifs is 2. The van der Waals surface area contributed by atoms with Crippen molar-refractivity contribution >= 4 is 23.3 Å². The van der Waals surface area contributed by atoms with E-state index in [9.17, 15) is 0 Å². The van der Waals surface area contributed by atoms with Gasteiger partial charge in [-0.2, -0.15) is 0 Å². The summed E-state index contributed by atoms with van der Waals surface area (Å²) >= 11 is 6.04. The van der Waals surface area contributed by atoms with Crippen molar-refractivity contribution in [2.24, 2.45) is 9.98 Å². The lowest BCUT2D eigenvalue weighted by atomic mass is 9.81. The summed E-state index contributed by atoms with van der Waals surface area (Å²) in [5.74, 6) is 3.42. The average Bonchev–Trinajstić information content (AvgIpc) is 3.53. The second kappa shape index (κ2) is 9.66. The maximum absolute atomic E-state index is 6.04. The standard InChI is InChI=1S/C14H18N2.C13H15ClN2/c1-10-5-6-12-11(9-10)3-2-4-13(12)14-15-7-8-16-14;14-10-4-5-11-9(8-10)2-1-3-12(11)13-15-6-7-16-13/h5-6,9,13H,2-4,7-8H2,1H3,(H,15,16);4-5,8,12H,1-3,6-7H2,(H,15,16). The number of halogens is 1. The van der Waals surface area contributed by atoms with E-state index in [4.69, 9.17) is 11.6 Å². The zero-order valence-corrected chi connectivity index (χ0v) is 19.7. The molecule has 6 rings (SSSR count). The largest absolute Gasteiger partial charge is 0.371 e. The number of aryl methyl sites for hydroxylation is 3. The smallest absolute Gasteiger partial charge is 0.104 e. The topological polar surface area (TPSA) is 48.8 Å². The lowest BCUT2D eigenvalue weighted by Gasteiger charge is -2.26. The first-order valence-electron chi connectivity index (χ1n) is 12.1. The van der Waals surface area contributed by atoms with E-state index >= 15 is 0 Å². The third-order valence-electron chi connectivity index (χ3n) is 7.09. The van der Waals surface area contributed by atoms with Crippen LogP contribution in [-0.4, -0.2) is 37.9 Å². The molecular weight excluding hydrogens is 416 g/mol. The van der Waals surface area contributed by atoms with Crippen LogP contribution in [0.1, 0.15) is 65.3 Å². The Bertz CT molecular complexity index is 958. The Hall–Kier alpha value is -2.33. The zero-order chi connectivity index (χ0) is 21.9. The molecule has 0 fully saturated rings. The van der Waals surface area contributed by atoms with E-state index in [2.05, 4.69) is 57.9 Å². The van der Waals surface area contributed by atoms with E-state index in [1.807, 2.05) is 6.07 Å². The lowest BCUT2D eigenvalue weighted by molar-refractivity contribution is 0.641. The second-order valence-corrected chi connectivity index (χ2v) is 9.76. The van der Waals surface area contributed by atoms with Crippen molar-refractivity contribution in [2.75, 3.05) is 26.2 Å². The summed E-state index contributed by atoms with van der Waals surface area (Å²) < 4.78 is 0. The van der Waals surface area contributed by atoms with Gasteiger partial charge in [-0.1, -0.05) is 41.4 Å². The minimum absolute atomic E-state index is 0.475. The van der Waals surface area contributed by atoms with Gasteiger partial charge >= 0.3 is 0 Å². The molecule has 2 N–H and O–H groups in total. The Morgan fingerprint density at radius 2 is 1.34 bits per heavy atom. The van der Waals surface area contributed by atoms with Crippen LogP contribution < -0.4 is 10.6 Å². The van der Waals surface area contributed by atoms with Crippen LogP contribution in [-0.2, 0) is 12.8 Å². The molecule has 0 radical (unpaired) electrons. The van der Waals surface area contributed by atoms with Crippen molar-refractivity contribution in [3.05, 3.63) is 69.2 Å². The fourth-order valence-corrected chi connectivity index (χ4v) is 5.79. The molecule has 2 heterocycles. The van der Waals surface area contributed by atoms with E-state index in [-0.39, 0.29) is 0 Å². The third kappa shape index (κ3) is 4.56. The molecule has 2 unspecified atom stereocenters. The Labute approximate surface area is 196 Å². The van der Waals surface area contributed by atoms with Crippen LogP contribution in [0.4, 0.5) is 0 Å². The van der Waals surface area contributed by atoms with Crippen molar-refractivity contribution < 1.29 is 0 Å². The van der Waals surface area contributed by atoms with Gasteiger partial charge in [0, 0.05) is 29.9 Å². The fraction of sp³-hybridized carbons (Fsp3) is 0.481. The van der Waals surface area contributed by atoms with Crippen LogP contribution in [0.15, 0.2) is 46.4 Å². The van der Waals surface area contributed by atoms with Gasteiger partial charge in [0.15, 0.2) is 0 Å². The fourth-order valence-electron chi connectivity index (χ4n) is 5.59. The zero-order valence-electron chi connectivity index (χ0n) is 19.0. The number of aliphatic imine (C=N–C) groups is 2. The highest BCUT2D eigenvalue weighted by Gasteiger charge is 2.27. The second-order valence-electron chi connectivity index (χ2n) is 9.32. The predicted octanol–water partition coefficient (Wildman–Crippen LogP) is 5.18. The summed E-state index contributed by atoms with van der Waals surface area (Å²) in [5, 5.41) is 7.68. The summed E-state index contributed by atoms with van der Waals surface area (Å²) in [6, 6.07) is 13.2. The van der Waals surface area contributed by atoms with Crippen molar-refractivity contribution in [3.8, 4) is 0 Å². The number of nitrogens with one attached hydrogen (secondary N) is 2. The molecule has 2 aliphatic heterocycles. The molecule has 168 valence electrons. The van der Waals surface area contributed by atoms with Crippen LogP contribution >= 0.6 is 11.6 Å². The summed E-state index contributed by atoms with van der Waals surface area (Å²) in [6.07, 6.45) is 7.38. The molecule has 4 aliphatic rings. The SMILES string of the molecule is Cc1ccc2c(c1)CCCC2C1=NCCN1.Clc1ccc2c(c1)CCCC2C1=NCCN1. The average molecular weight is 449 g/mol. The summed E-state index contributed by atoms with van der Waals surface area (Å²) in [5.41, 5.74) is 7.24. The monoisotopic (exact) mass is 448 g/mol. The first kappa shape index (κ1) is 21.5. The van der Waals surface area contributed by atoms with Gasteiger partial charge in [-0.15, -0.1) is 0 Å². The van der Waals surface area contributed by atoms with Crippen LogP contribution in [0.5, 0.6) is 0 Å². The van der Waals surface area contributed by atoms with Gasteiger partial charge in [0.25, 0.3) is 0 Å². The van der Waals surface area contributed by atoms with Crippen molar-refractivity contribution in [2.45, 2.75) is 57.3 Å². The van der Waals surface area contributed by atoms with Gasteiger partial charge in [0.05, 0.1) is 13.1 Å². The number of rotatable bonds is 2. The van der Waals surface area contributed by atoms with Gasteiger partial charge in [-0.3, -0.25) is 9.98 Å². The molecule has 0 aromatic heterocycles. The summed E-state index contributed by atoms with van der Waals surface area (Å²) in [7, 11) is 0. The first-order valence-corrected chi connectivity index (χ1v) is 12.5. The summed E-state index contributed by atoms with van der Waals surface area (Å²) in [6.45, 7) is 6.07. The minimum atomic E-state index is 0.475. The van der Waals surface area contributed by atoms with Crippen molar-refractivity contribution in [1.82, 2.24) is 10.6 Å². The molecule has 32 heavy (non-hydrogen) atoms. The quantitative estimate of drug-likeness (QED) is 0.665. The normalized spacial score (nSPS) is 23.6. The maximum atomic E-state index is 6.04. The maximum Gasteiger partial charge on any atom is 0.104 e. The molecule has 2 aromatic rings. The molecule has 2 aliphatic carbocycles. The minimum Gasteiger partial charge on any atom is -0.371 e. The van der Waals surface area contributed by atoms with Gasteiger partial charge in [0.2, 0.25) is 0 Å². The molecule has 0 saturated heterocycles. The Kier molecular flexibility index (Phi) is 6.49. The van der Waals surface area contributed by atoms with Crippen molar-refractivity contribution in [3.63, 3.8) is 0 Å². The molecule has 2 atom stereocenters. The van der Waals surface area contributed by atoms with Crippen LogP contribution in [0.2, 0.25) is 5.02 Å². The third-order valence-corrected chi connectivity index (χ3v) is 7.33. The van der Waals surface area contributed by atoms with E-state index in [1.54, 1.807) is 0 Å². The van der Waals surface area contributed by atoms with Crippen LogP contribution in [0.3, 0.4) is 0 Å². The molecule has 2 aromatic carbocycles. The number of amidine groups is 2. The predicted molar refractivity (Wildman–Crippen MR) is 135 cm³/mol. The Morgan fingerprint density at radius 1 is 0.781 bits per heavy atom. The molecule has 5 heteroatoms. The molecule has 0 saturated carbocycles. The van der Waals surface area contributed by atoms with Gasteiger partial charge in [-0.05, 0) is 79.8 Å². The molecule has 4 nitrogen and oxygen atoms in total. The highest BCUT2D eigenvalue weighted by molar-refractivity contribution is 6.30. The highest BCUT2D eigenvalue weighted by Crippen LogP contribution is 2.35. The first-order chi connectivity index (χ1) is 15.7. The molecule has 0 bridgehead atoms. The molecular formula is C27H33ClN4. The van der Waals surface area contributed by atoms with Crippen molar-refractivity contribution in [1.29, 1.82) is 0 Å². The number of nitrogens with zero attached hydrogens (tertiary/aromatic N) is 2. The van der Waals surface area contributed by atoms with E-state index in [0.29, 0.717) is 11.8 Å². The highest BCUT2D eigenvalue weighted by atomic mass is 35.5. The van der Waals surface area contributed by atoms with E-state index in [0.717, 1.165) is 37.6 Å². The number of benzene rings is 2. The summed E-state index contributed by atoms with van der Waals surface area (Å²) in [4.78, 5) is 9.14.